The Balaban J connectivity index is 1.63. The standard InChI is InChI=1S/C15H22N2O2S/c1-11-9-16-14(20-11)13-3-2-6-17(10-13)15(18)12-4-7-19-8-5-12/h9,12-13H,2-8,10H2,1H3/t13-/m1/s1. The second kappa shape index (κ2) is 6.22. The van der Waals surface area contributed by atoms with E-state index in [1.54, 1.807) is 11.3 Å². The number of rotatable bonds is 2. The summed E-state index contributed by atoms with van der Waals surface area (Å²) >= 11 is 1.77. The first-order chi connectivity index (χ1) is 9.74. The third-order valence-electron chi connectivity index (χ3n) is 4.29. The number of aromatic nitrogens is 1. The van der Waals surface area contributed by atoms with Gasteiger partial charge in [-0.2, -0.15) is 0 Å². The van der Waals surface area contributed by atoms with E-state index in [-0.39, 0.29) is 5.92 Å². The Kier molecular flexibility index (Phi) is 4.36. The van der Waals surface area contributed by atoms with Gasteiger partial charge in [-0.15, -0.1) is 11.3 Å². The highest BCUT2D eigenvalue weighted by molar-refractivity contribution is 7.11. The van der Waals surface area contributed by atoms with E-state index in [2.05, 4.69) is 16.8 Å². The van der Waals surface area contributed by atoms with Crippen LogP contribution >= 0.6 is 11.3 Å². The Morgan fingerprint density at radius 3 is 2.90 bits per heavy atom. The molecular weight excluding hydrogens is 272 g/mol. The molecule has 2 fully saturated rings. The topological polar surface area (TPSA) is 42.4 Å². The van der Waals surface area contributed by atoms with Crippen molar-refractivity contribution in [2.75, 3.05) is 26.3 Å². The van der Waals surface area contributed by atoms with Crippen LogP contribution < -0.4 is 0 Å². The monoisotopic (exact) mass is 294 g/mol. The van der Waals surface area contributed by atoms with Crippen LogP contribution in [0, 0.1) is 12.8 Å². The van der Waals surface area contributed by atoms with Crippen LogP contribution in [0.3, 0.4) is 0 Å². The Hall–Kier alpha value is -0.940. The smallest absolute Gasteiger partial charge is 0.225 e. The van der Waals surface area contributed by atoms with Gasteiger partial charge < -0.3 is 9.64 Å². The highest BCUT2D eigenvalue weighted by Crippen LogP contribution is 2.31. The number of carbonyl (C=O) groups excluding carboxylic acids is 1. The van der Waals surface area contributed by atoms with Crippen LogP contribution in [0.2, 0.25) is 0 Å². The van der Waals surface area contributed by atoms with Gasteiger partial charge in [0.25, 0.3) is 0 Å². The Morgan fingerprint density at radius 1 is 1.40 bits per heavy atom. The Labute approximate surface area is 124 Å². The lowest BCUT2D eigenvalue weighted by molar-refractivity contribution is -0.139. The van der Waals surface area contributed by atoms with Crippen molar-refractivity contribution in [3.63, 3.8) is 0 Å². The zero-order valence-corrected chi connectivity index (χ0v) is 12.8. The molecule has 0 saturated carbocycles. The van der Waals surface area contributed by atoms with Gasteiger partial charge >= 0.3 is 0 Å². The molecule has 4 nitrogen and oxygen atoms in total. The highest BCUT2D eigenvalue weighted by atomic mass is 32.1. The zero-order valence-electron chi connectivity index (χ0n) is 12.0. The molecular formula is C15H22N2O2S. The first-order valence-corrected chi connectivity index (χ1v) is 8.34. The number of ether oxygens (including phenoxy) is 1. The largest absolute Gasteiger partial charge is 0.381 e. The van der Waals surface area contributed by atoms with Crippen molar-refractivity contribution in [3.8, 4) is 0 Å². The molecule has 3 heterocycles. The molecule has 1 aromatic heterocycles. The molecule has 2 aliphatic rings. The van der Waals surface area contributed by atoms with Crippen LogP contribution in [-0.4, -0.2) is 42.1 Å². The van der Waals surface area contributed by atoms with E-state index in [4.69, 9.17) is 4.74 Å². The van der Waals surface area contributed by atoms with Crippen LogP contribution in [0.15, 0.2) is 6.20 Å². The average molecular weight is 294 g/mol. The number of likely N-dealkylation sites (tertiary alicyclic amines) is 1. The van der Waals surface area contributed by atoms with E-state index in [0.29, 0.717) is 11.8 Å². The summed E-state index contributed by atoms with van der Waals surface area (Å²) in [5.41, 5.74) is 0. The van der Waals surface area contributed by atoms with Crippen LogP contribution in [0.25, 0.3) is 0 Å². The van der Waals surface area contributed by atoms with E-state index in [9.17, 15) is 4.79 Å². The van der Waals surface area contributed by atoms with Crippen molar-refractivity contribution < 1.29 is 9.53 Å². The Bertz CT molecular complexity index is 468. The summed E-state index contributed by atoms with van der Waals surface area (Å²) in [7, 11) is 0. The van der Waals surface area contributed by atoms with Gasteiger partial charge in [0, 0.05) is 49.2 Å². The number of hydrogen-bond donors (Lipinski definition) is 0. The molecule has 0 bridgehead atoms. The maximum Gasteiger partial charge on any atom is 0.225 e. The molecule has 5 heteroatoms. The number of thiazole rings is 1. The normalized spacial score (nSPS) is 24.9. The van der Waals surface area contributed by atoms with Gasteiger partial charge in [0.15, 0.2) is 0 Å². The van der Waals surface area contributed by atoms with E-state index in [1.165, 1.54) is 9.88 Å². The summed E-state index contributed by atoms with van der Waals surface area (Å²) in [6.45, 7) is 5.33. The number of hydrogen-bond acceptors (Lipinski definition) is 4. The summed E-state index contributed by atoms with van der Waals surface area (Å²) in [4.78, 5) is 20.4. The maximum atomic E-state index is 12.6. The molecule has 3 rings (SSSR count). The second-order valence-corrected chi connectivity index (χ2v) is 7.09. The third-order valence-corrected chi connectivity index (χ3v) is 5.37. The lowest BCUT2D eigenvalue weighted by Crippen LogP contribution is -2.43. The minimum Gasteiger partial charge on any atom is -0.381 e. The van der Waals surface area contributed by atoms with Gasteiger partial charge in [-0.1, -0.05) is 0 Å². The van der Waals surface area contributed by atoms with Crippen LogP contribution in [0.5, 0.6) is 0 Å². The summed E-state index contributed by atoms with van der Waals surface area (Å²) < 4.78 is 5.35. The van der Waals surface area contributed by atoms with Crippen molar-refractivity contribution in [2.24, 2.45) is 5.92 Å². The summed E-state index contributed by atoms with van der Waals surface area (Å²) in [5, 5.41) is 1.20. The minimum atomic E-state index is 0.181. The van der Waals surface area contributed by atoms with Crippen molar-refractivity contribution in [1.82, 2.24) is 9.88 Å². The van der Waals surface area contributed by atoms with Gasteiger partial charge in [-0.25, -0.2) is 4.98 Å². The summed E-state index contributed by atoms with van der Waals surface area (Å²) in [5.74, 6) is 0.957. The SMILES string of the molecule is Cc1cnc([C@@H]2CCCN(C(=O)C3CCOCC3)C2)s1. The molecule has 0 spiro atoms. The lowest BCUT2D eigenvalue weighted by Gasteiger charge is -2.35. The van der Waals surface area contributed by atoms with E-state index in [1.807, 2.05) is 6.20 Å². The fourth-order valence-corrected chi connectivity index (χ4v) is 4.04. The number of aryl methyl sites for hydroxylation is 1. The van der Waals surface area contributed by atoms with Crippen LogP contribution in [-0.2, 0) is 9.53 Å². The molecule has 1 atom stereocenters. The van der Waals surface area contributed by atoms with Gasteiger partial charge in [-0.05, 0) is 32.6 Å². The molecule has 0 unspecified atom stereocenters. The third kappa shape index (κ3) is 3.04. The number of piperidine rings is 1. The zero-order chi connectivity index (χ0) is 13.9. The second-order valence-electron chi connectivity index (χ2n) is 5.82. The fourth-order valence-electron chi connectivity index (χ4n) is 3.14. The van der Waals surface area contributed by atoms with Crippen molar-refractivity contribution in [3.05, 3.63) is 16.1 Å². The molecule has 110 valence electrons. The molecule has 0 aromatic carbocycles. The summed E-state index contributed by atoms with van der Waals surface area (Å²) in [6, 6.07) is 0. The first kappa shape index (κ1) is 14.0. The minimum absolute atomic E-state index is 0.181. The average Bonchev–Trinajstić information content (AvgIpc) is 2.94. The fraction of sp³-hybridized carbons (Fsp3) is 0.733. The molecule has 1 aromatic rings. The molecule has 0 N–H and O–H groups in total. The molecule has 1 amide bonds. The molecule has 0 radical (unpaired) electrons. The van der Waals surface area contributed by atoms with Gasteiger partial charge in [0.05, 0.1) is 5.01 Å². The maximum absolute atomic E-state index is 12.6. The number of nitrogens with zero attached hydrogens (tertiary/aromatic N) is 2. The van der Waals surface area contributed by atoms with Crippen LogP contribution in [0.4, 0.5) is 0 Å². The predicted molar refractivity (Wildman–Crippen MR) is 78.9 cm³/mol. The Morgan fingerprint density at radius 2 is 2.20 bits per heavy atom. The van der Waals surface area contributed by atoms with Gasteiger partial charge in [0.2, 0.25) is 5.91 Å². The van der Waals surface area contributed by atoms with Gasteiger partial charge in [0.1, 0.15) is 0 Å². The molecule has 0 aliphatic carbocycles. The molecule has 20 heavy (non-hydrogen) atoms. The first-order valence-electron chi connectivity index (χ1n) is 7.53. The number of carbonyl (C=O) groups is 1. The van der Waals surface area contributed by atoms with E-state index in [0.717, 1.165) is 52.0 Å². The highest BCUT2D eigenvalue weighted by Gasteiger charge is 2.31. The van der Waals surface area contributed by atoms with Crippen molar-refractivity contribution in [1.29, 1.82) is 0 Å². The number of amides is 1. The van der Waals surface area contributed by atoms with E-state index < -0.39 is 0 Å². The van der Waals surface area contributed by atoms with Crippen LogP contribution in [0.1, 0.15) is 41.5 Å². The van der Waals surface area contributed by atoms with Gasteiger partial charge in [-0.3, -0.25) is 4.79 Å². The summed E-state index contributed by atoms with van der Waals surface area (Å²) in [6.07, 6.45) is 5.97. The van der Waals surface area contributed by atoms with Crippen molar-refractivity contribution in [2.45, 2.75) is 38.5 Å². The quantitative estimate of drug-likeness (QED) is 0.842. The molecule has 2 saturated heterocycles. The van der Waals surface area contributed by atoms with Crippen molar-refractivity contribution >= 4 is 17.2 Å². The van der Waals surface area contributed by atoms with E-state index >= 15 is 0 Å². The molecule has 2 aliphatic heterocycles. The lowest BCUT2D eigenvalue weighted by atomic mass is 9.94. The predicted octanol–water partition coefficient (Wildman–Crippen LogP) is 2.58.